The van der Waals surface area contributed by atoms with Crippen LogP contribution in [0.5, 0.6) is 0 Å². The van der Waals surface area contributed by atoms with E-state index in [0.717, 1.165) is 6.92 Å². The minimum Gasteiger partial charge on any atom is -0.550 e. The third kappa shape index (κ3) is 4.84. The monoisotopic (exact) mass is 295 g/mol. The molecule has 2 heterocycles. The topological polar surface area (TPSA) is 136 Å². The van der Waals surface area contributed by atoms with Gasteiger partial charge in [-0.2, -0.15) is 0 Å². The molecular weight excluding hydrogens is 278 g/mol. The molecule has 0 aliphatic carbocycles. The van der Waals surface area contributed by atoms with Crippen molar-refractivity contribution in [3.8, 4) is 0 Å². The zero-order valence-electron chi connectivity index (χ0n) is 11.5. The Labute approximate surface area is 121 Å². The second kappa shape index (κ2) is 6.80. The smallest absolute Gasteiger partial charge is 0.326 e. The van der Waals surface area contributed by atoms with Crippen molar-refractivity contribution < 1.29 is 29.2 Å². The van der Waals surface area contributed by atoms with Crippen LogP contribution in [0.4, 0.5) is 0 Å². The Hall–Kier alpha value is -2.48. The van der Waals surface area contributed by atoms with Crippen LogP contribution in [0.15, 0.2) is 30.6 Å². The van der Waals surface area contributed by atoms with E-state index < -0.39 is 29.4 Å². The summed E-state index contributed by atoms with van der Waals surface area (Å²) in [5.41, 5.74) is 4.81. The SMILES string of the molecule is CC(=O)[O-].NC1(C[n+]2ccccc2)C[C@@H](C(=O)O)NC1=O. The molecule has 1 saturated heterocycles. The number of rotatable bonds is 3. The van der Waals surface area contributed by atoms with Gasteiger partial charge in [0.2, 0.25) is 5.91 Å². The Morgan fingerprint density at radius 1 is 1.48 bits per heavy atom. The first-order valence-corrected chi connectivity index (χ1v) is 6.19. The molecular formula is C13H17N3O5. The number of nitrogens with two attached hydrogens (primary N) is 1. The molecule has 8 nitrogen and oxygen atoms in total. The highest BCUT2D eigenvalue weighted by Gasteiger charge is 2.49. The normalized spacial score (nSPS) is 23.7. The van der Waals surface area contributed by atoms with Crippen LogP contribution in [0, 0.1) is 0 Å². The maximum absolute atomic E-state index is 11.7. The second-order valence-electron chi connectivity index (χ2n) is 4.76. The molecule has 1 aliphatic rings. The van der Waals surface area contributed by atoms with Gasteiger partial charge in [-0.1, -0.05) is 6.07 Å². The molecule has 0 radical (unpaired) electrons. The number of hydrogen-bond donors (Lipinski definition) is 3. The first-order valence-electron chi connectivity index (χ1n) is 6.19. The minimum absolute atomic E-state index is 0.100. The number of nitrogens with zero attached hydrogens (tertiary/aromatic N) is 1. The summed E-state index contributed by atoms with van der Waals surface area (Å²) in [4.78, 5) is 31.4. The molecule has 4 N–H and O–H groups in total. The van der Waals surface area contributed by atoms with Crippen LogP contribution in [0.25, 0.3) is 0 Å². The molecule has 2 rings (SSSR count). The number of carbonyl (C=O) groups is 3. The van der Waals surface area contributed by atoms with E-state index in [4.69, 9.17) is 20.7 Å². The lowest BCUT2D eigenvalue weighted by atomic mass is 9.96. The average Bonchev–Trinajstić information content (AvgIpc) is 2.66. The number of aromatic nitrogens is 1. The molecule has 8 heteroatoms. The molecule has 1 aromatic rings. The van der Waals surface area contributed by atoms with E-state index >= 15 is 0 Å². The fourth-order valence-corrected chi connectivity index (χ4v) is 1.96. The summed E-state index contributed by atoms with van der Waals surface area (Å²) in [5.74, 6) is -2.55. The summed E-state index contributed by atoms with van der Waals surface area (Å²) < 4.78 is 1.77. The van der Waals surface area contributed by atoms with Crippen molar-refractivity contribution in [1.29, 1.82) is 0 Å². The average molecular weight is 295 g/mol. The van der Waals surface area contributed by atoms with E-state index in [1.807, 2.05) is 18.2 Å². The first kappa shape index (κ1) is 16.6. The van der Waals surface area contributed by atoms with E-state index in [9.17, 15) is 9.59 Å². The molecule has 114 valence electrons. The third-order valence-electron chi connectivity index (χ3n) is 2.87. The van der Waals surface area contributed by atoms with Gasteiger partial charge in [0, 0.05) is 24.5 Å². The van der Waals surface area contributed by atoms with Crippen LogP contribution in [-0.2, 0) is 20.9 Å². The van der Waals surface area contributed by atoms with Gasteiger partial charge in [-0.25, -0.2) is 9.36 Å². The van der Waals surface area contributed by atoms with Crippen molar-refractivity contribution in [3.63, 3.8) is 0 Å². The van der Waals surface area contributed by atoms with Gasteiger partial charge in [0.15, 0.2) is 24.5 Å². The molecule has 21 heavy (non-hydrogen) atoms. The summed E-state index contributed by atoms with van der Waals surface area (Å²) in [6.45, 7) is 1.24. The standard InChI is InChI=1S/C11H13N3O3.C2H4O2/c12-11(7-14-4-2-1-3-5-14)6-8(9(15)16)13-10(11)17;1-2(3)4/h1-5,8H,6-7,12H2,(H-,13,15,16,17);1H3,(H,3,4)/t8-,11?;/m0./s1. The number of carboxylic acids is 2. The lowest BCUT2D eigenvalue weighted by molar-refractivity contribution is -0.701. The Morgan fingerprint density at radius 2 is 2.00 bits per heavy atom. The Balaban J connectivity index is 0.000000491. The van der Waals surface area contributed by atoms with E-state index in [1.165, 1.54) is 0 Å². The molecule has 0 aromatic carbocycles. The number of pyridine rings is 1. The van der Waals surface area contributed by atoms with Crippen molar-refractivity contribution in [2.45, 2.75) is 31.5 Å². The number of hydrogen-bond acceptors (Lipinski definition) is 5. The summed E-state index contributed by atoms with van der Waals surface area (Å²) in [6, 6.07) is 4.61. The van der Waals surface area contributed by atoms with Crippen molar-refractivity contribution in [2.24, 2.45) is 5.73 Å². The highest BCUT2D eigenvalue weighted by molar-refractivity contribution is 5.94. The van der Waals surface area contributed by atoms with Gasteiger partial charge < -0.3 is 26.1 Å². The van der Waals surface area contributed by atoms with Crippen LogP contribution in [0.1, 0.15) is 13.3 Å². The third-order valence-corrected chi connectivity index (χ3v) is 2.87. The van der Waals surface area contributed by atoms with Gasteiger partial charge >= 0.3 is 5.97 Å². The summed E-state index contributed by atoms with van der Waals surface area (Å²) >= 11 is 0. The molecule has 1 unspecified atom stereocenters. The maximum atomic E-state index is 11.7. The van der Waals surface area contributed by atoms with E-state index in [1.54, 1.807) is 17.0 Å². The first-order chi connectivity index (χ1) is 9.74. The molecule has 1 amide bonds. The van der Waals surface area contributed by atoms with Crippen LogP contribution in [-0.4, -0.2) is 34.5 Å². The second-order valence-corrected chi connectivity index (χ2v) is 4.76. The molecule has 0 bridgehead atoms. The zero-order valence-corrected chi connectivity index (χ0v) is 11.5. The molecule has 2 atom stereocenters. The predicted molar refractivity (Wildman–Crippen MR) is 68.4 cm³/mol. The Morgan fingerprint density at radius 3 is 2.43 bits per heavy atom. The molecule has 1 aliphatic heterocycles. The highest BCUT2D eigenvalue weighted by atomic mass is 16.4. The molecule has 1 fully saturated rings. The van der Waals surface area contributed by atoms with Crippen LogP contribution in [0.2, 0.25) is 0 Å². The number of amides is 1. The molecule has 0 spiro atoms. The van der Waals surface area contributed by atoms with Gasteiger partial charge in [-0.3, -0.25) is 4.79 Å². The molecule has 1 aromatic heterocycles. The van der Waals surface area contributed by atoms with Gasteiger partial charge in [-0.05, 0) is 6.92 Å². The Kier molecular flexibility index (Phi) is 5.37. The fourth-order valence-electron chi connectivity index (χ4n) is 1.96. The quantitative estimate of drug-likeness (QED) is 0.523. The fraction of sp³-hybridized carbons (Fsp3) is 0.385. The maximum Gasteiger partial charge on any atom is 0.326 e. The van der Waals surface area contributed by atoms with Gasteiger partial charge in [-0.15, -0.1) is 0 Å². The predicted octanol–water partition coefficient (Wildman–Crippen LogP) is -2.60. The number of nitrogens with one attached hydrogen (secondary N) is 1. The zero-order chi connectivity index (χ0) is 16.0. The summed E-state index contributed by atoms with van der Waals surface area (Å²) in [5, 5.41) is 20.1. The van der Waals surface area contributed by atoms with Gasteiger partial charge in [0.05, 0.1) is 0 Å². The van der Waals surface area contributed by atoms with Crippen molar-refractivity contribution >= 4 is 17.8 Å². The number of carbonyl (C=O) groups excluding carboxylic acids is 2. The summed E-state index contributed by atoms with van der Waals surface area (Å²) in [7, 11) is 0. The van der Waals surface area contributed by atoms with Crippen LogP contribution >= 0.6 is 0 Å². The molecule has 0 saturated carbocycles. The van der Waals surface area contributed by atoms with Crippen molar-refractivity contribution in [2.75, 3.05) is 0 Å². The van der Waals surface area contributed by atoms with Crippen LogP contribution < -0.4 is 20.7 Å². The Bertz CT molecular complexity index is 530. The van der Waals surface area contributed by atoms with E-state index in [2.05, 4.69) is 5.32 Å². The lowest BCUT2D eigenvalue weighted by Crippen LogP contribution is -2.57. The van der Waals surface area contributed by atoms with Gasteiger partial charge in [0.25, 0.3) is 0 Å². The van der Waals surface area contributed by atoms with Gasteiger partial charge in [0.1, 0.15) is 6.04 Å². The van der Waals surface area contributed by atoms with Crippen LogP contribution in [0.3, 0.4) is 0 Å². The number of carboxylic acid groups (broad SMARTS) is 2. The van der Waals surface area contributed by atoms with Crippen molar-refractivity contribution in [3.05, 3.63) is 30.6 Å². The number of aliphatic carboxylic acids is 2. The largest absolute Gasteiger partial charge is 0.550 e. The van der Waals surface area contributed by atoms with Crippen molar-refractivity contribution in [1.82, 2.24) is 5.32 Å². The van der Waals surface area contributed by atoms with E-state index in [-0.39, 0.29) is 13.0 Å². The summed E-state index contributed by atoms with van der Waals surface area (Å²) in [6.07, 6.45) is 3.68. The minimum atomic E-state index is -1.16. The lowest BCUT2D eigenvalue weighted by Gasteiger charge is -2.16. The van der Waals surface area contributed by atoms with E-state index in [0.29, 0.717) is 0 Å². The highest BCUT2D eigenvalue weighted by Crippen LogP contribution is 2.18.